The quantitative estimate of drug-likeness (QED) is 0.911. The molecule has 20 heavy (non-hydrogen) atoms. The number of rotatable bonds is 3. The fraction of sp³-hybridized carbons (Fsp3) is 0.188. The number of carbonyl (C=O) groups excluding carboxylic acids is 1. The molecule has 0 radical (unpaired) electrons. The van der Waals surface area contributed by atoms with E-state index in [1.165, 1.54) is 0 Å². The van der Waals surface area contributed by atoms with Gasteiger partial charge in [-0.05, 0) is 30.3 Å². The molecule has 0 aliphatic heterocycles. The minimum Gasteiger partial charge on any atom is -0.469 e. The molecule has 1 aliphatic carbocycles. The second kappa shape index (κ2) is 5.55. The fourth-order valence-electron chi connectivity index (χ4n) is 2.41. The van der Waals surface area contributed by atoms with Gasteiger partial charge in [-0.2, -0.15) is 0 Å². The van der Waals surface area contributed by atoms with Gasteiger partial charge in [0.2, 0.25) is 0 Å². The van der Waals surface area contributed by atoms with Gasteiger partial charge in [0.05, 0.1) is 6.26 Å². The SMILES string of the molecule is O=C1CC(Nc2cccc(Cl)c2)=CC(c2ccco2)C1. The first-order valence-corrected chi connectivity index (χ1v) is 6.87. The van der Waals surface area contributed by atoms with Gasteiger partial charge >= 0.3 is 0 Å². The first-order chi connectivity index (χ1) is 9.70. The van der Waals surface area contributed by atoms with Crippen LogP contribution in [0.2, 0.25) is 5.02 Å². The average Bonchev–Trinajstić information content (AvgIpc) is 2.91. The van der Waals surface area contributed by atoms with Gasteiger partial charge in [0.1, 0.15) is 11.5 Å². The summed E-state index contributed by atoms with van der Waals surface area (Å²) in [5.74, 6) is 1.04. The van der Waals surface area contributed by atoms with Crippen molar-refractivity contribution in [1.82, 2.24) is 0 Å². The molecule has 1 aromatic carbocycles. The minimum absolute atomic E-state index is 0.00735. The Hall–Kier alpha value is -2.00. The van der Waals surface area contributed by atoms with Gasteiger partial charge in [-0.25, -0.2) is 0 Å². The van der Waals surface area contributed by atoms with Crippen LogP contribution in [0.4, 0.5) is 5.69 Å². The van der Waals surface area contributed by atoms with Crippen LogP contribution in [0, 0.1) is 0 Å². The van der Waals surface area contributed by atoms with E-state index in [0.717, 1.165) is 17.1 Å². The molecular formula is C16H14ClNO2. The summed E-state index contributed by atoms with van der Waals surface area (Å²) in [6.07, 6.45) is 4.60. The van der Waals surface area contributed by atoms with Crippen molar-refractivity contribution in [2.45, 2.75) is 18.8 Å². The van der Waals surface area contributed by atoms with Crippen molar-refractivity contribution >= 4 is 23.1 Å². The van der Waals surface area contributed by atoms with Gasteiger partial charge in [-0.3, -0.25) is 4.79 Å². The molecule has 3 rings (SSSR count). The van der Waals surface area contributed by atoms with Crippen LogP contribution in [0.1, 0.15) is 24.5 Å². The van der Waals surface area contributed by atoms with Crippen LogP contribution in [-0.4, -0.2) is 5.78 Å². The van der Waals surface area contributed by atoms with Crippen molar-refractivity contribution in [2.24, 2.45) is 0 Å². The zero-order valence-electron chi connectivity index (χ0n) is 10.8. The Morgan fingerprint density at radius 1 is 1.25 bits per heavy atom. The summed E-state index contributed by atoms with van der Waals surface area (Å²) < 4.78 is 5.39. The second-order valence-corrected chi connectivity index (χ2v) is 5.31. The van der Waals surface area contributed by atoms with Crippen molar-refractivity contribution in [2.75, 3.05) is 5.32 Å². The molecule has 0 bridgehead atoms. The second-order valence-electron chi connectivity index (χ2n) is 4.87. The van der Waals surface area contributed by atoms with Crippen molar-refractivity contribution in [1.29, 1.82) is 0 Å². The molecule has 1 N–H and O–H groups in total. The summed E-state index contributed by atoms with van der Waals surface area (Å²) in [5.41, 5.74) is 1.78. The highest BCUT2D eigenvalue weighted by Gasteiger charge is 2.23. The summed E-state index contributed by atoms with van der Waals surface area (Å²) in [6.45, 7) is 0. The third-order valence-corrected chi connectivity index (χ3v) is 3.51. The topological polar surface area (TPSA) is 42.2 Å². The van der Waals surface area contributed by atoms with E-state index in [1.807, 2.05) is 36.4 Å². The van der Waals surface area contributed by atoms with E-state index < -0.39 is 0 Å². The van der Waals surface area contributed by atoms with Crippen molar-refractivity contribution in [3.05, 3.63) is 65.2 Å². The molecule has 4 heteroatoms. The summed E-state index contributed by atoms with van der Waals surface area (Å²) in [6, 6.07) is 11.2. The third-order valence-electron chi connectivity index (χ3n) is 3.28. The molecule has 1 heterocycles. The minimum atomic E-state index is 0.00735. The smallest absolute Gasteiger partial charge is 0.139 e. The maximum atomic E-state index is 11.9. The van der Waals surface area contributed by atoms with E-state index >= 15 is 0 Å². The summed E-state index contributed by atoms with van der Waals surface area (Å²) in [5, 5.41) is 3.93. The molecular weight excluding hydrogens is 274 g/mol. The van der Waals surface area contributed by atoms with Gasteiger partial charge in [-0.15, -0.1) is 0 Å². The molecule has 102 valence electrons. The number of halogens is 1. The highest BCUT2D eigenvalue weighted by molar-refractivity contribution is 6.30. The Morgan fingerprint density at radius 3 is 2.90 bits per heavy atom. The lowest BCUT2D eigenvalue weighted by molar-refractivity contribution is -0.119. The Bertz CT molecular complexity index is 646. The molecule has 1 aliphatic rings. The zero-order chi connectivity index (χ0) is 13.9. The molecule has 0 saturated heterocycles. The monoisotopic (exact) mass is 287 g/mol. The molecule has 1 atom stereocenters. The number of benzene rings is 1. The molecule has 0 saturated carbocycles. The van der Waals surface area contributed by atoms with Crippen molar-refractivity contribution in [3.8, 4) is 0 Å². The molecule has 1 unspecified atom stereocenters. The Morgan fingerprint density at radius 2 is 2.15 bits per heavy atom. The normalized spacial score (nSPS) is 18.8. The number of hydrogen-bond acceptors (Lipinski definition) is 3. The van der Waals surface area contributed by atoms with Gasteiger partial charge < -0.3 is 9.73 Å². The van der Waals surface area contributed by atoms with Crippen LogP contribution < -0.4 is 5.32 Å². The largest absolute Gasteiger partial charge is 0.469 e. The lowest BCUT2D eigenvalue weighted by atomic mass is 9.90. The highest BCUT2D eigenvalue weighted by atomic mass is 35.5. The predicted molar refractivity (Wildman–Crippen MR) is 78.8 cm³/mol. The Labute approximate surface area is 122 Å². The molecule has 0 spiro atoms. The summed E-state index contributed by atoms with van der Waals surface area (Å²) >= 11 is 5.96. The fourth-order valence-corrected chi connectivity index (χ4v) is 2.60. The van der Waals surface area contributed by atoms with E-state index in [4.69, 9.17) is 16.0 Å². The van der Waals surface area contributed by atoms with Crippen LogP contribution in [0.25, 0.3) is 0 Å². The van der Waals surface area contributed by atoms with E-state index in [1.54, 1.807) is 6.26 Å². The zero-order valence-corrected chi connectivity index (χ0v) is 11.6. The predicted octanol–water partition coefficient (Wildman–Crippen LogP) is 4.38. The van der Waals surface area contributed by atoms with Crippen LogP contribution >= 0.6 is 11.6 Å². The molecule has 0 fully saturated rings. The van der Waals surface area contributed by atoms with Gasteiger partial charge in [0.15, 0.2) is 0 Å². The lowest BCUT2D eigenvalue weighted by Gasteiger charge is -2.20. The number of allylic oxidation sites excluding steroid dienone is 2. The van der Waals surface area contributed by atoms with Crippen LogP contribution in [-0.2, 0) is 4.79 Å². The summed E-state index contributed by atoms with van der Waals surface area (Å²) in [7, 11) is 0. The van der Waals surface area contributed by atoms with Crippen LogP contribution in [0.15, 0.2) is 58.9 Å². The summed E-state index contributed by atoms with van der Waals surface area (Å²) in [4.78, 5) is 11.9. The van der Waals surface area contributed by atoms with Crippen LogP contribution in [0.5, 0.6) is 0 Å². The van der Waals surface area contributed by atoms with Crippen LogP contribution in [0.3, 0.4) is 0 Å². The number of carbonyl (C=O) groups is 1. The third kappa shape index (κ3) is 2.94. The molecule has 0 amide bonds. The van der Waals surface area contributed by atoms with Crippen molar-refractivity contribution < 1.29 is 9.21 Å². The van der Waals surface area contributed by atoms with E-state index in [9.17, 15) is 4.79 Å². The lowest BCUT2D eigenvalue weighted by Crippen LogP contribution is -2.16. The maximum absolute atomic E-state index is 11.9. The number of anilines is 1. The van der Waals surface area contributed by atoms with E-state index in [0.29, 0.717) is 17.9 Å². The standard InChI is InChI=1S/C16H14ClNO2/c17-12-3-1-4-13(9-12)18-14-7-11(8-15(19)10-14)16-5-2-6-20-16/h1-7,9,11,18H,8,10H2. The number of furan rings is 1. The van der Waals surface area contributed by atoms with Gasteiger partial charge in [-0.1, -0.05) is 23.7 Å². The number of nitrogens with one attached hydrogen (secondary N) is 1. The highest BCUT2D eigenvalue weighted by Crippen LogP contribution is 2.30. The van der Waals surface area contributed by atoms with E-state index in [-0.39, 0.29) is 11.7 Å². The number of hydrogen-bond donors (Lipinski definition) is 1. The molecule has 2 aromatic rings. The molecule has 1 aromatic heterocycles. The van der Waals surface area contributed by atoms with Crippen molar-refractivity contribution in [3.63, 3.8) is 0 Å². The number of ketones is 1. The maximum Gasteiger partial charge on any atom is 0.139 e. The Balaban J connectivity index is 1.83. The average molecular weight is 288 g/mol. The first kappa shape index (κ1) is 13.0. The van der Waals surface area contributed by atoms with Gasteiger partial charge in [0.25, 0.3) is 0 Å². The number of Topliss-reactive ketones (excluding diaryl/α,β-unsaturated/α-hetero) is 1. The Kier molecular flexibility index (Phi) is 3.61. The molecule has 3 nitrogen and oxygen atoms in total. The first-order valence-electron chi connectivity index (χ1n) is 6.49. The van der Waals surface area contributed by atoms with E-state index in [2.05, 4.69) is 11.4 Å². The van der Waals surface area contributed by atoms with Gasteiger partial charge in [0, 0.05) is 35.2 Å².